The van der Waals surface area contributed by atoms with Crippen LogP contribution in [0, 0.1) is 0 Å². The maximum absolute atomic E-state index is 10.4. The Hall–Kier alpha value is -0.566. The largest absolute Gasteiger partial charge is 0.481 e. The van der Waals surface area contributed by atoms with Crippen molar-refractivity contribution in [2.24, 2.45) is 0 Å². The van der Waals surface area contributed by atoms with E-state index in [9.17, 15) is 14.4 Å². The molecule has 15 heavy (non-hydrogen) atoms. The Labute approximate surface area is 108 Å². The molecule has 0 aliphatic rings. The van der Waals surface area contributed by atoms with Crippen LogP contribution >= 0.6 is 0 Å². The Bertz CT molecular complexity index is 276. The second-order valence-electron chi connectivity index (χ2n) is 2.54. The van der Waals surface area contributed by atoms with Crippen molar-refractivity contribution >= 4 is 17.9 Å². The number of aliphatic hydroxyl groups is 2. The van der Waals surface area contributed by atoms with Gasteiger partial charge in [-0.1, -0.05) is 0 Å². The van der Waals surface area contributed by atoms with E-state index in [0.29, 0.717) is 0 Å². The minimum absolute atomic E-state index is 0. The molecule has 9 heteroatoms. The normalized spacial score (nSPS) is 15.6. The third-order valence-corrected chi connectivity index (χ3v) is 1.48. The number of carboxylic acid groups (broad SMARTS) is 3. The van der Waals surface area contributed by atoms with Gasteiger partial charge >= 0.3 is 17.9 Å². The third kappa shape index (κ3) is 4.21. The van der Waals surface area contributed by atoms with Crippen molar-refractivity contribution in [3.63, 3.8) is 0 Å². The van der Waals surface area contributed by atoms with E-state index in [-0.39, 0.29) is 32.7 Å². The molecule has 0 aromatic rings. The Kier molecular flexibility index (Phi) is 6.87. The number of carbonyl (C=O) groups is 3. The van der Waals surface area contributed by atoms with Crippen molar-refractivity contribution in [2.45, 2.75) is 18.1 Å². The van der Waals surface area contributed by atoms with Gasteiger partial charge in [0.05, 0.1) is 6.42 Å². The molecule has 0 aromatic heterocycles. The molecule has 5 N–H and O–H groups in total. The number of rotatable bonds is 5. The summed E-state index contributed by atoms with van der Waals surface area (Å²) >= 11 is 0. The average molecular weight is 297 g/mol. The van der Waals surface area contributed by atoms with Crippen molar-refractivity contribution in [1.29, 1.82) is 0 Å². The molecule has 0 spiro atoms. The summed E-state index contributed by atoms with van der Waals surface area (Å²) in [4.78, 5) is 30.7. The van der Waals surface area contributed by atoms with Crippen LogP contribution in [-0.4, -0.2) is 55.1 Å². The average Bonchev–Trinajstić information content (AvgIpc) is 2.00. The molecule has 0 aromatic carbocycles. The van der Waals surface area contributed by atoms with Gasteiger partial charge in [0, 0.05) is 32.7 Å². The Balaban J connectivity index is 0. The van der Waals surface area contributed by atoms with Crippen LogP contribution in [0.15, 0.2) is 0 Å². The molecule has 0 amide bonds. The monoisotopic (exact) mass is 297 g/mol. The van der Waals surface area contributed by atoms with Gasteiger partial charge in [0.25, 0.3) is 0 Å². The molecule has 0 saturated carbocycles. The van der Waals surface area contributed by atoms with Crippen LogP contribution in [0.3, 0.4) is 0 Å². The molecule has 0 aliphatic carbocycles. The first-order valence-corrected chi connectivity index (χ1v) is 3.30. The fourth-order valence-electron chi connectivity index (χ4n) is 0.724. The van der Waals surface area contributed by atoms with Crippen LogP contribution in [0.5, 0.6) is 0 Å². The molecular weight excluding hydrogens is 289 g/mol. The van der Waals surface area contributed by atoms with Crippen molar-refractivity contribution in [3.8, 4) is 0 Å². The molecule has 0 heterocycles. The Morgan fingerprint density at radius 3 is 1.73 bits per heavy atom. The predicted octanol–water partition coefficient (Wildman–Crippen LogP) is -2.28. The summed E-state index contributed by atoms with van der Waals surface area (Å²) in [6.07, 6.45) is -4.11. The van der Waals surface area contributed by atoms with Gasteiger partial charge in [-0.2, -0.15) is 0 Å². The number of hydrogen-bond donors (Lipinski definition) is 5. The van der Waals surface area contributed by atoms with E-state index in [1.54, 1.807) is 0 Å². The molecule has 2 atom stereocenters. The molecule has 8 nitrogen and oxygen atoms in total. The van der Waals surface area contributed by atoms with Gasteiger partial charge < -0.3 is 25.5 Å². The fourth-order valence-corrected chi connectivity index (χ4v) is 0.724. The van der Waals surface area contributed by atoms with Crippen LogP contribution in [0.25, 0.3) is 0 Å². The number of hydrogen-bond acceptors (Lipinski definition) is 5. The summed E-state index contributed by atoms with van der Waals surface area (Å²) in [6.45, 7) is 0. The van der Waals surface area contributed by atoms with Gasteiger partial charge in [0.1, 0.15) is 0 Å². The smallest absolute Gasteiger partial charge is 0.339 e. The zero-order valence-corrected chi connectivity index (χ0v) is 10.2. The molecule has 0 bridgehead atoms. The van der Waals surface area contributed by atoms with Crippen LogP contribution in [-0.2, 0) is 47.1 Å². The van der Waals surface area contributed by atoms with Crippen LogP contribution < -0.4 is 0 Å². The molecular formula is C6H8O8Y. The minimum Gasteiger partial charge on any atom is -0.481 e. The van der Waals surface area contributed by atoms with Gasteiger partial charge in [0.15, 0.2) is 6.10 Å². The minimum atomic E-state index is -3.22. The predicted molar refractivity (Wildman–Crippen MR) is 38.5 cm³/mol. The standard InChI is InChI=1S/C6H8O8.Y/c7-2(8)1-6(14,5(12)13)3(9)4(10)11;/h3,9,14H,1H2,(H,7,8)(H,10,11)(H,12,13);. The van der Waals surface area contributed by atoms with Gasteiger partial charge in [-0.25, -0.2) is 9.59 Å². The molecule has 2 unspecified atom stereocenters. The molecule has 0 aliphatic heterocycles. The number of carboxylic acids is 3. The van der Waals surface area contributed by atoms with E-state index in [1.165, 1.54) is 0 Å². The number of aliphatic hydroxyl groups excluding tert-OH is 1. The second-order valence-corrected chi connectivity index (χ2v) is 2.54. The molecule has 0 rings (SSSR count). The first-order chi connectivity index (χ1) is 6.21. The van der Waals surface area contributed by atoms with Crippen molar-refractivity contribution in [3.05, 3.63) is 0 Å². The van der Waals surface area contributed by atoms with Crippen LogP contribution in [0.2, 0.25) is 0 Å². The quantitative estimate of drug-likeness (QED) is 0.380. The zero-order valence-electron chi connectivity index (χ0n) is 7.32. The second kappa shape index (κ2) is 6.11. The van der Waals surface area contributed by atoms with Gasteiger partial charge in [0.2, 0.25) is 5.60 Å². The summed E-state index contributed by atoms with van der Waals surface area (Å²) in [5.41, 5.74) is -3.22. The van der Waals surface area contributed by atoms with Gasteiger partial charge in [-0.05, 0) is 0 Å². The summed E-state index contributed by atoms with van der Waals surface area (Å²) in [5, 5.41) is 42.6. The van der Waals surface area contributed by atoms with Crippen molar-refractivity contribution < 1.29 is 72.6 Å². The van der Waals surface area contributed by atoms with E-state index in [1.807, 2.05) is 0 Å². The molecule has 83 valence electrons. The first kappa shape index (κ1) is 16.8. The SMILES string of the molecule is O=C(O)CC(O)(C(=O)O)C(O)C(=O)O.[Y]. The maximum atomic E-state index is 10.4. The van der Waals surface area contributed by atoms with E-state index in [2.05, 4.69) is 0 Å². The molecule has 1 radical (unpaired) electrons. The Morgan fingerprint density at radius 1 is 1.13 bits per heavy atom. The summed E-state index contributed by atoms with van der Waals surface area (Å²) in [6, 6.07) is 0. The Morgan fingerprint density at radius 2 is 1.53 bits per heavy atom. The summed E-state index contributed by atoms with van der Waals surface area (Å²) in [5.74, 6) is -5.87. The zero-order chi connectivity index (χ0) is 11.5. The first-order valence-electron chi connectivity index (χ1n) is 3.30. The summed E-state index contributed by atoms with van der Waals surface area (Å²) < 4.78 is 0. The van der Waals surface area contributed by atoms with Crippen molar-refractivity contribution in [1.82, 2.24) is 0 Å². The third-order valence-electron chi connectivity index (χ3n) is 1.48. The van der Waals surface area contributed by atoms with E-state index < -0.39 is 36.0 Å². The fraction of sp³-hybridized carbons (Fsp3) is 0.500. The van der Waals surface area contributed by atoms with Gasteiger partial charge in [-0.15, -0.1) is 0 Å². The molecule has 0 fully saturated rings. The van der Waals surface area contributed by atoms with Crippen molar-refractivity contribution in [2.75, 3.05) is 0 Å². The van der Waals surface area contributed by atoms with Crippen LogP contribution in [0.4, 0.5) is 0 Å². The number of aliphatic carboxylic acids is 3. The van der Waals surface area contributed by atoms with E-state index in [4.69, 9.17) is 25.5 Å². The molecule has 0 saturated heterocycles. The topological polar surface area (TPSA) is 152 Å². The summed E-state index contributed by atoms with van der Waals surface area (Å²) in [7, 11) is 0. The van der Waals surface area contributed by atoms with Gasteiger partial charge in [-0.3, -0.25) is 4.79 Å². The maximum Gasteiger partial charge on any atom is 0.339 e. The van der Waals surface area contributed by atoms with Crippen LogP contribution in [0.1, 0.15) is 6.42 Å². The van der Waals surface area contributed by atoms with E-state index in [0.717, 1.165) is 0 Å². The van der Waals surface area contributed by atoms with E-state index >= 15 is 0 Å².